The molecule has 0 atom stereocenters. The first-order valence-corrected chi connectivity index (χ1v) is 2.91. The van der Waals surface area contributed by atoms with Crippen molar-refractivity contribution >= 4 is 17.3 Å². The Kier molecular flexibility index (Phi) is 1.35. The molecule has 0 aromatic heterocycles. The zero-order chi connectivity index (χ0) is 6.15. The van der Waals surface area contributed by atoms with Crippen LogP contribution in [0, 0.1) is 0 Å². The highest BCUT2D eigenvalue weighted by Gasteiger charge is 2.22. The molecule has 0 bridgehead atoms. The molecule has 0 amide bonds. The number of thiocarbonyl (C=S) groups is 1. The Morgan fingerprint density at radius 2 is 2.12 bits per heavy atom. The van der Waals surface area contributed by atoms with E-state index in [2.05, 4.69) is 12.2 Å². The van der Waals surface area contributed by atoms with Crippen molar-refractivity contribution in [1.82, 2.24) is 4.90 Å². The molecule has 0 aliphatic carbocycles. The van der Waals surface area contributed by atoms with E-state index in [1.54, 1.807) is 0 Å². The summed E-state index contributed by atoms with van der Waals surface area (Å²) in [5, 5.41) is 0.465. The Hall–Kier alpha value is -0.350. The number of rotatable bonds is 0. The minimum atomic E-state index is 0.288. The molecule has 0 aromatic carbocycles. The topological polar surface area (TPSA) is 55.3 Å². The van der Waals surface area contributed by atoms with Crippen LogP contribution in [-0.2, 0) is 0 Å². The summed E-state index contributed by atoms with van der Waals surface area (Å²) < 4.78 is 0. The lowest BCUT2D eigenvalue weighted by Crippen LogP contribution is -2.59. The Balaban J connectivity index is 2.25. The van der Waals surface area contributed by atoms with Gasteiger partial charge in [-0.25, -0.2) is 0 Å². The van der Waals surface area contributed by atoms with Crippen LogP contribution in [0.4, 0.5) is 0 Å². The second kappa shape index (κ2) is 1.87. The summed E-state index contributed by atoms with van der Waals surface area (Å²) in [7, 11) is 0. The standard InChI is InChI=1S/C4H9N3S/c5-3-1-7(2-3)4(6)8/h3H,1-2,5H2,(H2,6,8). The van der Waals surface area contributed by atoms with Gasteiger partial charge in [0, 0.05) is 19.1 Å². The Bertz CT molecular complexity index is 108. The van der Waals surface area contributed by atoms with Crippen molar-refractivity contribution in [1.29, 1.82) is 0 Å². The number of nitrogens with two attached hydrogens (primary N) is 2. The highest BCUT2D eigenvalue weighted by atomic mass is 32.1. The van der Waals surface area contributed by atoms with Crippen LogP contribution in [0.2, 0.25) is 0 Å². The van der Waals surface area contributed by atoms with Crippen LogP contribution in [0.3, 0.4) is 0 Å². The fourth-order valence-electron chi connectivity index (χ4n) is 0.693. The van der Waals surface area contributed by atoms with Crippen LogP contribution < -0.4 is 11.5 Å². The van der Waals surface area contributed by atoms with E-state index in [1.165, 1.54) is 0 Å². The number of likely N-dealkylation sites (tertiary alicyclic amines) is 1. The van der Waals surface area contributed by atoms with E-state index in [9.17, 15) is 0 Å². The SMILES string of the molecule is NC(=S)N1CC(N)C1. The maximum Gasteiger partial charge on any atom is 0.166 e. The largest absolute Gasteiger partial charge is 0.376 e. The molecule has 1 fully saturated rings. The Morgan fingerprint density at radius 1 is 1.62 bits per heavy atom. The van der Waals surface area contributed by atoms with Gasteiger partial charge in [-0.2, -0.15) is 0 Å². The maximum absolute atomic E-state index is 5.45. The average molecular weight is 131 g/mol. The summed E-state index contributed by atoms with van der Waals surface area (Å²) >= 11 is 4.67. The minimum absolute atomic E-state index is 0.288. The summed E-state index contributed by atoms with van der Waals surface area (Å²) in [6.07, 6.45) is 0. The van der Waals surface area contributed by atoms with E-state index in [0.29, 0.717) is 5.11 Å². The van der Waals surface area contributed by atoms with E-state index in [4.69, 9.17) is 11.5 Å². The van der Waals surface area contributed by atoms with Crippen LogP contribution in [0.1, 0.15) is 0 Å². The molecule has 1 aliphatic heterocycles. The fraction of sp³-hybridized carbons (Fsp3) is 0.750. The van der Waals surface area contributed by atoms with Crippen molar-refractivity contribution in [3.8, 4) is 0 Å². The van der Waals surface area contributed by atoms with Gasteiger partial charge in [-0.05, 0) is 12.2 Å². The van der Waals surface area contributed by atoms with Gasteiger partial charge in [-0.15, -0.1) is 0 Å². The van der Waals surface area contributed by atoms with Crippen molar-refractivity contribution in [2.24, 2.45) is 11.5 Å². The lowest BCUT2D eigenvalue weighted by Gasteiger charge is -2.37. The minimum Gasteiger partial charge on any atom is -0.376 e. The van der Waals surface area contributed by atoms with Gasteiger partial charge < -0.3 is 16.4 Å². The zero-order valence-electron chi connectivity index (χ0n) is 4.50. The highest BCUT2D eigenvalue weighted by molar-refractivity contribution is 7.80. The molecular formula is C4H9N3S. The normalized spacial score (nSPS) is 20.4. The van der Waals surface area contributed by atoms with Crippen molar-refractivity contribution in [2.45, 2.75) is 6.04 Å². The summed E-state index contributed by atoms with van der Waals surface area (Å²) in [6, 6.07) is 0.288. The molecule has 0 unspecified atom stereocenters. The molecule has 8 heavy (non-hydrogen) atoms. The van der Waals surface area contributed by atoms with Crippen LogP contribution in [0.25, 0.3) is 0 Å². The third-order valence-corrected chi connectivity index (χ3v) is 1.48. The summed E-state index contributed by atoms with van der Waals surface area (Å²) in [4.78, 5) is 1.88. The molecule has 4 heteroatoms. The lowest BCUT2D eigenvalue weighted by atomic mass is 10.1. The number of hydrogen-bond donors (Lipinski definition) is 2. The van der Waals surface area contributed by atoms with Gasteiger partial charge in [0.15, 0.2) is 5.11 Å². The predicted octanol–water partition coefficient (Wildman–Crippen LogP) is -1.13. The van der Waals surface area contributed by atoms with E-state index in [0.717, 1.165) is 13.1 Å². The molecule has 1 rings (SSSR count). The second-order valence-corrected chi connectivity index (χ2v) is 2.42. The molecule has 46 valence electrons. The lowest BCUT2D eigenvalue weighted by molar-refractivity contribution is 0.256. The van der Waals surface area contributed by atoms with E-state index < -0.39 is 0 Å². The zero-order valence-corrected chi connectivity index (χ0v) is 5.32. The summed E-state index contributed by atoms with van der Waals surface area (Å²) in [6.45, 7) is 1.66. The van der Waals surface area contributed by atoms with E-state index in [-0.39, 0.29) is 6.04 Å². The van der Waals surface area contributed by atoms with Crippen LogP contribution >= 0.6 is 12.2 Å². The third-order valence-electron chi connectivity index (χ3n) is 1.22. The van der Waals surface area contributed by atoms with Crippen molar-refractivity contribution in [3.05, 3.63) is 0 Å². The van der Waals surface area contributed by atoms with Gasteiger partial charge in [-0.3, -0.25) is 0 Å². The van der Waals surface area contributed by atoms with Gasteiger partial charge in [0.05, 0.1) is 0 Å². The van der Waals surface area contributed by atoms with Crippen molar-refractivity contribution in [2.75, 3.05) is 13.1 Å². The van der Waals surface area contributed by atoms with Gasteiger partial charge in [0.25, 0.3) is 0 Å². The van der Waals surface area contributed by atoms with Crippen molar-refractivity contribution < 1.29 is 0 Å². The van der Waals surface area contributed by atoms with Gasteiger partial charge in [0.2, 0.25) is 0 Å². The predicted molar refractivity (Wildman–Crippen MR) is 36.3 cm³/mol. The van der Waals surface area contributed by atoms with Gasteiger partial charge in [0.1, 0.15) is 0 Å². The number of nitrogens with zero attached hydrogens (tertiary/aromatic N) is 1. The fourth-order valence-corrected chi connectivity index (χ4v) is 0.842. The molecule has 0 spiro atoms. The smallest absolute Gasteiger partial charge is 0.166 e. The Labute approximate surface area is 53.6 Å². The van der Waals surface area contributed by atoms with E-state index in [1.807, 2.05) is 4.90 Å². The molecule has 1 heterocycles. The Morgan fingerprint density at radius 3 is 2.25 bits per heavy atom. The molecule has 0 aromatic rings. The first-order valence-electron chi connectivity index (χ1n) is 2.50. The average Bonchev–Trinajstić information content (AvgIpc) is 1.57. The molecule has 3 nitrogen and oxygen atoms in total. The van der Waals surface area contributed by atoms with Crippen LogP contribution in [0.5, 0.6) is 0 Å². The summed E-state index contributed by atoms with van der Waals surface area (Å²) in [5.74, 6) is 0. The molecule has 4 N–H and O–H groups in total. The third kappa shape index (κ3) is 0.900. The molecule has 0 saturated carbocycles. The summed E-state index contributed by atoms with van der Waals surface area (Å²) in [5.41, 5.74) is 10.7. The van der Waals surface area contributed by atoms with Crippen LogP contribution in [0.15, 0.2) is 0 Å². The molecular weight excluding hydrogens is 122 g/mol. The second-order valence-electron chi connectivity index (χ2n) is 2.00. The number of hydrogen-bond acceptors (Lipinski definition) is 2. The van der Waals surface area contributed by atoms with Gasteiger partial charge in [-0.1, -0.05) is 0 Å². The molecule has 1 saturated heterocycles. The first-order chi connectivity index (χ1) is 3.70. The quantitative estimate of drug-likeness (QED) is 0.409. The maximum atomic E-state index is 5.45. The highest BCUT2D eigenvalue weighted by Crippen LogP contribution is 2.02. The van der Waals surface area contributed by atoms with E-state index >= 15 is 0 Å². The first kappa shape index (κ1) is 5.78. The van der Waals surface area contributed by atoms with Crippen LogP contribution in [-0.4, -0.2) is 29.1 Å². The van der Waals surface area contributed by atoms with Crippen molar-refractivity contribution in [3.63, 3.8) is 0 Å². The monoisotopic (exact) mass is 131 g/mol. The van der Waals surface area contributed by atoms with Gasteiger partial charge >= 0.3 is 0 Å². The molecule has 0 radical (unpaired) electrons. The molecule has 1 aliphatic rings.